The molecule has 4 rings (SSSR count). The molecule has 1 amide bonds. The Hall–Kier alpha value is -3.25. The number of carboxylic acids is 1. The van der Waals surface area contributed by atoms with Crippen molar-refractivity contribution in [2.75, 3.05) is 0 Å². The van der Waals surface area contributed by atoms with Gasteiger partial charge in [-0.2, -0.15) is 5.26 Å². The Balaban J connectivity index is 1.45. The molecule has 1 saturated heterocycles. The second-order valence-corrected chi connectivity index (χ2v) is 11.5. The van der Waals surface area contributed by atoms with E-state index in [9.17, 15) is 24.0 Å². The van der Waals surface area contributed by atoms with Crippen LogP contribution in [0.5, 0.6) is 0 Å². The summed E-state index contributed by atoms with van der Waals surface area (Å²) in [6.45, 7) is 5.35. The topological polar surface area (TPSA) is 108 Å². The van der Waals surface area contributed by atoms with Gasteiger partial charge in [0.05, 0.1) is 18.0 Å². The molecule has 1 aromatic carbocycles. The molecule has 2 aliphatic rings. The number of likely N-dealkylation sites (tertiary alicyclic amines) is 1. The van der Waals surface area contributed by atoms with E-state index in [-0.39, 0.29) is 35.5 Å². The quantitative estimate of drug-likeness (QED) is 0.511. The van der Waals surface area contributed by atoms with Crippen molar-refractivity contribution in [1.82, 2.24) is 4.90 Å². The number of hydrogen-bond acceptors (Lipinski definition) is 6. The standard InChI is InChI=1S/C27H29FN2O5S/c1-27(2,3)35-26(34)30-20-7-6-18(10-20)24(30)22(31)9-15(13-29)8-17-5-4-16(11-21(17)28)19-12-23(25(32)33)36-14-19/h4-5,11-12,14-15,18,20,24H,6-10H2,1-3H3,(H,32,33)/t15-,18+,20-,24+/m1/s1. The van der Waals surface area contributed by atoms with Crippen LogP contribution in [0.1, 0.15) is 61.7 Å². The van der Waals surface area contributed by atoms with Crippen molar-refractivity contribution in [3.05, 3.63) is 45.9 Å². The number of halogens is 1. The van der Waals surface area contributed by atoms with Gasteiger partial charge in [-0.1, -0.05) is 12.1 Å². The minimum Gasteiger partial charge on any atom is -0.477 e. The number of benzene rings is 1. The van der Waals surface area contributed by atoms with Gasteiger partial charge >= 0.3 is 12.1 Å². The zero-order valence-electron chi connectivity index (χ0n) is 20.5. The minimum absolute atomic E-state index is 0.0249. The highest BCUT2D eigenvalue weighted by Gasteiger charge is 2.52. The Morgan fingerprint density at radius 1 is 1.25 bits per heavy atom. The Morgan fingerprint density at radius 3 is 2.61 bits per heavy atom. The predicted molar refractivity (Wildman–Crippen MR) is 132 cm³/mol. The average Bonchev–Trinajstić information content (AvgIpc) is 3.54. The monoisotopic (exact) mass is 512 g/mol. The van der Waals surface area contributed by atoms with Crippen molar-refractivity contribution in [3.63, 3.8) is 0 Å². The number of rotatable bonds is 7. The summed E-state index contributed by atoms with van der Waals surface area (Å²) in [5, 5.41) is 20.5. The van der Waals surface area contributed by atoms with Crippen molar-refractivity contribution in [1.29, 1.82) is 5.26 Å². The van der Waals surface area contributed by atoms with Crippen LogP contribution in [0.4, 0.5) is 9.18 Å². The van der Waals surface area contributed by atoms with Gasteiger partial charge in [0.1, 0.15) is 16.3 Å². The van der Waals surface area contributed by atoms with Crippen LogP contribution < -0.4 is 0 Å². The molecule has 0 unspecified atom stereocenters. The van der Waals surface area contributed by atoms with Gasteiger partial charge in [-0.3, -0.25) is 9.69 Å². The molecule has 2 heterocycles. The number of nitrogens with zero attached hydrogens (tertiary/aromatic N) is 2. The summed E-state index contributed by atoms with van der Waals surface area (Å²) >= 11 is 1.07. The van der Waals surface area contributed by atoms with Crippen LogP contribution in [0, 0.1) is 29.0 Å². The Bertz CT molecular complexity index is 1230. The van der Waals surface area contributed by atoms with Crippen molar-refractivity contribution in [3.8, 4) is 17.2 Å². The minimum atomic E-state index is -1.04. The summed E-state index contributed by atoms with van der Waals surface area (Å²) < 4.78 is 20.5. The SMILES string of the molecule is CC(C)(C)OC(=O)N1[C@@H]2CC[C@@H](C2)[C@H]1C(=O)C[C@H](C#N)Cc1ccc(-c2csc(C(=O)O)c2)cc1F. The van der Waals surface area contributed by atoms with Gasteiger partial charge in [0.2, 0.25) is 0 Å². The van der Waals surface area contributed by atoms with E-state index in [1.54, 1.807) is 43.2 Å². The lowest BCUT2D eigenvalue weighted by atomic mass is 9.87. The smallest absolute Gasteiger partial charge is 0.411 e. The summed E-state index contributed by atoms with van der Waals surface area (Å²) in [5.74, 6) is -2.41. The summed E-state index contributed by atoms with van der Waals surface area (Å²) in [5.41, 5.74) is 0.778. The lowest BCUT2D eigenvalue weighted by molar-refractivity contribution is -0.126. The second-order valence-electron chi connectivity index (χ2n) is 10.6. The first-order valence-corrected chi connectivity index (χ1v) is 12.9. The number of piperidine rings is 1. The van der Waals surface area contributed by atoms with Crippen LogP contribution in [0.2, 0.25) is 0 Å². The van der Waals surface area contributed by atoms with Crippen LogP contribution >= 0.6 is 11.3 Å². The van der Waals surface area contributed by atoms with Gasteiger partial charge < -0.3 is 9.84 Å². The van der Waals surface area contributed by atoms with E-state index < -0.39 is 35.4 Å². The molecule has 1 aliphatic heterocycles. The third-order valence-corrected chi connectivity index (χ3v) is 7.73. The maximum atomic E-state index is 14.9. The molecule has 2 fully saturated rings. The molecular weight excluding hydrogens is 483 g/mol. The fraction of sp³-hybridized carbons (Fsp3) is 0.481. The number of amides is 1. The van der Waals surface area contributed by atoms with E-state index in [1.165, 1.54) is 12.1 Å². The maximum Gasteiger partial charge on any atom is 0.411 e. The molecule has 0 spiro atoms. The summed E-state index contributed by atoms with van der Waals surface area (Å²) in [4.78, 5) is 39.0. The molecule has 0 radical (unpaired) electrons. The number of carbonyl (C=O) groups is 3. The molecule has 7 nitrogen and oxygen atoms in total. The summed E-state index contributed by atoms with van der Waals surface area (Å²) in [6.07, 6.45) is 1.95. The molecule has 1 saturated carbocycles. The first-order chi connectivity index (χ1) is 17.0. The highest BCUT2D eigenvalue weighted by atomic mass is 32.1. The summed E-state index contributed by atoms with van der Waals surface area (Å²) in [6, 6.07) is 7.57. The average molecular weight is 513 g/mol. The largest absolute Gasteiger partial charge is 0.477 e. The highest BCUT2D eigenvalue weighted by Crippen LogP contribution is 2.44. The van der Waals surface area contributed by atoms with E-state index >= 15 is 0 Å². The van der Waals surface area contributed by atoms with Crippen molar-refractivity contribution in [2.45, 2.75) is 70.6 Å². The number of fused-ring (bicyclic) bond motifs is 2. The zero-order chi connectivity index (χ0) is 26.2. The number of hydrogen-bond donors (Lipinski definition) is 1. The molecule has 2 aromatic rings. The first-order valence-electron chi connectivity index (χ1n) is 12.0. The number of aromatic carboxylic acids is 1. The molecule has 1 aromatic heterocycles. The number of carboxylic acid groups (broad SMARTS) is 1. The second kappa shape index (κ2) is 10.0. The molecule has 1 aliphatic carbocycles. The third-order valence-electron chi connectivity index (χ3n) is 6.81. The molecule has 9 heteroatoms. The number of ketones is 1. The van der Waals surface area contributed by atoms with E-state index in [2.05, 4.69) is 6.07 Å². The summed E-state index contributed by atoms with van der Waals surface area (Å²) in [7, 11) is 0. The van der Waals surface area contributed by atoms with Gasteiger partial charge in [0.25, 0.3) is 0 Å². The Labute approximate surface area is 213 Å². The van der Waals surface area contributed by atoms with Gasteiger partial charge in [-0.05, 0) is 86.6 Å². The molecule has 36 heavy (non-hydrogen) atoms. The van der Waals surface area contributed by atoms with E-state index in [0.29, 0.717) is 16.7 Å². The molecule has 190 valence electrons. The van der Waals surface area contributed by atoms with Crippen molar-refractivity contribution >= 4 is 29.2 Å². The highest BCUT2D eigenvalue weighted by molar-refractivity contribution is 7.12. The van der Waals surface area contributed by atoms with E-state index in [0.717, 1.165) is 30.6 Å². The number of ether oxygens (including phenoxy) is 1. The molecule has 2 bridgehead atoms. The van der Waals surface area contributed by atoms with Crippen molar-refractivity contribution in [2.24, 2.45) is 11.8 Å². The van der Waals surface area contributed by atoms with Crippen molar-refractivity contribution < 1.29 is 28.6 Å². The Kier molecular flexibility index (Phi) is 7.19. The predicted octanol–water partition coefficient (Wildman–Crippen LogP) is 5.68. The van der Waals surface area contributed by atoms with Crippen LogP contribution in [0.15, 0.2) is 29.6 Å². The van der Waals surface area contributed by atoms with Gasteiger partial charge in [-0.25, -0.2) is 14.0 Å². The van der Waals surface area contributed by atoms with E-state index in [1.807, 2.05) is 0 Å². The van der Waals surface area contributed by atoms with Crippen LogP contribution in [0.3, 0.4) is 0 Å². The van der Waals surface area contributed by atoms with Crippen LogP contribution in [0.25, 0.3) is 11.1 Å². The number of thiophene rings is 1. The van der Waals surface area contributed by atoms with Gasteiger partial charge in [0.15, 0.2) is 5.78 Å². The maximum absolute atomic E-state index is 14.9. The normalized spacial score (nSPS) is 21.8. The van der Waals surface area contributed by atoms with Gasteiger partial charge in [0, 0.05) is 12.5 Å². The fourth-order valence-corrected chi connectivity index (χ4v) is 6.02. The zero-order valence-corrected chi connectivity index (χ0v) is 21.3. The number of nitriles is 1. The number of Topliss-reactive ketones (excluding diaryl/α,β-unsaturated/α-hetero) is 1. The molecular formula is C27H29FN2O5S. The third kappa shape index (κ3) is 5.44. The fourth-order valence-electron chi connectivity index (χ4n) is 5.27. The lowest BCUT2D eigenvalue weighted by Gasteiger charge is -2.35. The number of carbonyl (C=O) groups excluding carboxylic acids is 2. The van der Waals surface area contributed by atoms with Crippen LogP contribution in [-0.2, 0) is 16.0 Å². The molecule has 1 N–H and O–H groups in total. The molecule has 4 atom stereocenters. The van der Waals surface area contributed by atoms with E-state index in [4.69, 9.17) is 9.84 Å². The first kappa shape index (κ1) is 25.8. The van der Waals surface area contributed by atoms with Gasteiger partial charge in [-0.15, -0.1) is 11.3 Å². The van der Waals surface area contributed by atoms with Crippen LogP contribution in [-0.4, -0.2) is 45.5 Å². The Morgan fingerprint density at radius 2 is 2.00 bits per heavy atom. The lowest BCUT2D eigenvalue weighted by Crippen LogP contribution is -2.51.